The molecule has 2 aromatic heterocycles. The molecule has 1 unspecified atom stereocenters. The van der Waals surface area contributed by atoms with E-state index in [0.29, 0.717) is 16.7 Å². The van der Waals surface area contributed by atoms with E-state index < -0.39 is 5.41 Å². The van der Waals surface area contributed by atoms with E-state index in [1.54, 1.807) is 0 Å². The van der Waals surface area contributed by atoms with Crippen LogP contribution in [0.15, 0.2) is 162 Å². The number of imidazole rings is 1. The fourth-order valence-corrected chi connectivity index (χ4v) is 8.22. The highest BCUT2D eigenvalue weighted by Crippen LogP contribution is 2.59. The van der Waals surface area contributed by atoms with Gasteiger partial charge in [-0.25, -0.2) is 4.98 Å². The van der Waals surface area contributed by atoms with E-state index in [4.69, 9.17) is 9.40 Å². The van der Waals surface area contributed by atoms with Crippen LogP contribution in [-0.4, -0.2) is 9.55 Å². The zero-order chi connectivity index (χ0) is 34.1. The molecule has 7 aromatic carbocycles. The number of rotatable bonds is 4. The third-order valence-corrected chi connectivity index (χ3v) is 10.4. The van der Waals surface area contributed by atoms with Crippen LogP contribution < -0.4 is 0 Å². The maximum atomic E-state index is 10.2. The van der Waals surface area contributed by atoms with Crippen LogP contribution in [0, 0.1) is 22.7 Å². The Hall–Kier alpha value is -7.21. The van der Waals surface area contributed by atoms with E-state index in [9.17, 15) is 10.5 Å². The van der Waals surface area contributed by atoms with Crippen LogP contribution in [0.4, 0.5) is 0 Å². The topological polar surface area (TPSA) is 78.5 Å². The summed E-state index contributed by atoms with van der Waals surface area (Å²) in [7, 11) is 0. The molecule has 0 amide bonds. The van der Waals surface area contributed by atoms with Gasteiger partial charge in [-0.2, -0.15) is 10.5 Å². The molecule has 0 radical (unpaired) electrons. The molecule has 0 spiro atoms. The smallest absolute Gasteiger partial charge is 0.145 e. The zero-order valence-corrected chi connectivity index (χ0v) is 27.2. The second-order valence-corrected chi connectivity index (χ2v) is 12.9. The van der Waals surface area contributed by atoms with Gasteiger partial charge in [-0.05, 0) is 94.0 Å². The van der Waals surface area contributed by atoms with Crippen molar-refractivity contribution in [2.45, 2.75) is 5.41 Å². The molecule has 5 heteroatoms. The van der Waals surface area contributed by atoms with E-state index in [-0.39, 0.29) is 0 Å². The normalized spacial score (nSPS) is 14.7. The second kappa shape index (κ2) is 10.9. The predicted molar refractivity (Wildman–Crippen MR) is 201 cm³/mol. The van der Waals surface area contributed by atoms with Crippen molar-refractivity contribution in [2.24, 2.45) is 0 Å². The summed E-state index contributed by atoms with van der Waals surface area (Å²) in [6.07, 6.45) is 0. The van der Waals surface area contributed by atoms with Gasteiger partial charge < -0.3 is 4.42 Å². The fourth-order valence-electron chi connectivity index (χ4n) is 8.22. The first kappa shape index (κ1) is 28.8. The Balaban J connectivity index is 1.26. The summed E-state index contributed by atoms with van der Waals surface area (Å²) >= 11 is 0. The molecule has 0 bridgehead atoms. The van der Waals surface area contributed by atoms with Crippen molar-refractivity contribution in [1.82, 2.24) is 9.55 Å². The van der Waals surface area contributed by atoms with Crippen LogP contribution in [0.25, 0.3) is 61.2 Å². The standard InChI is InChI=1S/C46H26N4O/c47-27-29-15-21-35-38(25-29)46(32-9-3-1-4-10-32,37-23-24-41-44(43(35)37)36-22-16-30(28-48)26-42(36)51-41)33-19-17-31(18-20-33)45-49-39-13-7-8-14-40(39)50(45)34-11-5-2-6-12-34/h1-26H. The van der Waals surface area contributed by atoms with Crippen molar-refractivity contribution >= 4 is 33.0 Å². The number of nitrogens with zero attached hydrogens (tertiary/aromatic N) is 4. The van der Waals surface area contributed by atoms with Crippen LogP contribution in [0.5, 0.6) is 0 Å². The van der Waals surface area contributed by atoms with Gasteiger partial charge in [0.15, 0.2) is 0 Å². The van der Waals surface area contributed by atoms with Crippen molar-refractivity contribution in [3.05, 3.63) is 191 Å². The van der Waals surface area contributed by atoms with E-state index >= 15 is 0 Å². The van der Waals surface area contributed by atoms with Gasteiger partial charge >= 0.3 is 0 Å². The lowest BCUT2D eigenvalue weighted by atomic mass is 9.67. The zero-order valence-electron chi connectivity index (χ0n) is 27.2. The van der Waals surface area contributed by atoms with Gasteiger partial charge in [-0.3, -0.25) is 4.57 Å². The van der Waals surface area contributed by atoms with Crippen molar-refractivity contribution in [3.8, 4) is 40.3 Å². The highest BCUT2D eigenvalue weighted by atomic mass is 16.3. The molecule has 1 atom stereocenters. The molecule has 0 saturated carbocycles. The Morgan fingerprint density at radius 2 is 1.27 bits per heavy atom. The first-order chi connectivity index (χ1) is 25.2. The maximum Gasteiger partial charge on any atom is 0.145 e. The Kier molecular flexibility index (Phi) is 6.15. The van der Waals surface area contributed by atoms with E-state index in [1.165, 1.54) is 0 Å². The SMILES string of the molecule is N#Cc1ccc2c(c1)C(c1ccccc1)(c1ccc(-c3nc4ccccc4n3-c3ccccc3)cc1)c1ccc3oc4cc(C#N)ccc4c3c1-2. The molecule has 9 aromatic rings. The van der Waals surface area contributed by atoms with Crippen LogP contribution in [0.1, 0.15) is 33.4 Å². The third-order valence-electron chi connectivity index (χ3n) is 10.4. The van der Waals surface area contributed by atoms with Gasteiger partial charge in [-0.1, -0.05) is 97.1 Å². The Bertz CT molecular complexity index is 2920. The molecule has 1 aliphatic carbocycles. The summed E-state index contributed by atoms with van der Waals surface area (Å²) in [5.74, 6) is 0.866. The quantitative estimate of drug-likeness (QED) is 0.190. The summed E-state index contributed by atoms with van der Waals surface area (Å²) < 4.78 is 8.60. The lowest BCUT2D eigenvalue weighted by Crippen LogP contribution is -2.28. The minimum Gasteiger partial charge on any atom is -0.456 e. The van der Waals surface area contributed by atoms with Crippen LogP contribution >= 0.6 is 0 Å². The monoisotopic (exact) mass is 650 g/mol. The number of nitriles is 2. The molecule has 10 rings (SSSR count). The molecule has 2 heterocycles. The highest BCUT2D eigenvalue weighted by Gasteiger charge is 2.47. The summed E-state index contributed by atoms with van der Waals surface area (Å²) in [5.41, 5.74) is 12.3. The van der Waals surface area contributed by atoms with Crippen molar-refractivity contribution in [1.29, 1.82) is 10.5 Å². The Labute approximate surface area is 293 Å². The number of hydrogen-bond acceptors (Lipinski definition) is 4. The number of benzene rings is 7. The number of furan rings is 1. The summed E-state index contributed by atoms with van der Waals surface area (Å²) in [6.45, 7) is 0. The molecule has 51 heavy (non-hydrogen) atoms. The molecule has 1 aliphatic rings. The summed E-state index contributed by atoms with van der Waals surface area (Å²) in [6, 6.07) is 58.4. The minimum absolute atomic E-state index is 0.553. The molecule has 0 N–H and O–H groups in total. The van der Waals surface area contributed by atoms with Gasteiger partial charge in [-0.15, -0.1) is 0 Å². The molecule has 236 valence electrons. The highest BCUT2D eigenvalue weighted by molar-refractivity contribution is 6.15. The molecule has 5 nitrogen and oxygen atoms in total. The largest absolute Gasteiger partial charge is 0.456 e. The minimum atomic E-state index is -0.735. The first-order valence-corrected chi connectivity index (χ1v) is 16.8. The van der Waals surface area contributed by atoms with E-state index in [0.717, 1.165) is 77.8 Å². The Morgan fingerprint density at radius 3 is 2.06 bits per heavy atom. The number of aromatic nitrogens is 2. The predicted octanol–water partition coefficient (Wildman–Crippen LogP) is 10.7. The lowest BCUT2D eigenvalue weighted by Gasteiger charge is -2.34. The maximum absolute atomic E-state index is 10.2. The van der Waals surface area contributed by atoms with Crippen molar-refractivity contribution in [3.63, 3.8) is 0 Å². The van der Waals surface area contributed by atoms with Crippen molar-refractivity contribution < 1.29 is 4.42 Å². The third kappa shape index (κ3) is 4.04. The summed E-state index contributed by atoms with van der Waals surface area (Å²) in [5, 5.41) is 21.7. The lowest BCUT2D eigenvalue weighted by molar-refractivity contribution is 0.668. The first-order valence-electron chi connectivity index (χ1n) is 16.8. The molecule has 0 saturated heterocycles. The number of hydrogen-bond donors (Lipinski definition) is 0. The average Bonchev–Trinajstić information content (AvgIpc) is 3.86. The second-order valence-electron chi connectivity index (χ2n) is 12.9. The van der Waals surface area contributed by atoms with Gasteiger partial charge in [0.05, 0.1) is 39.7 Å². The summed E-state index contributed by atoms with van der Waals surface area (Å²) in [4.78, 5) is 5.12. The molecule has 0 aliphatic heterocycles. The van der Waals surface area contributed by atoms with E-state index in [1.807, 2.05) is 72.8 Å². The van der Waals surface area contributed by atoms with Crippen LogP contribution in [0.3, 0.4) is 0 Å². The van der Waals surface area contributed by atoms with Gasteiger partial charge in [0.25, 0.3) is 0 Å². The Morgan fingerprint density at radius 1 is 0.588 bits per heavy atom. The van der Waals surface area contributed by atoms with E-state index in [2.05, 4.69) is 102 Å². The fraction of sp³-hybridized carbons (Fsp3) is 0.0217. The van der Waals surface area contributed by atoms with Crippen molar-refractivity contribution in [2.75, 3.05) is 0 Å². The van der Waals surface area contributed by atoms with Gasteiger partial charge in [0.2, 0.25) is 0 Å². The molecule has 0 fully saturated rings. The molecular weight excluding hydrogens is 625 g/mol. The number of para-hydroxylation sites is 3. The van der Waals surface area contributed by atoms with Gasteiger partial charge in [0.1, 0.15) is 17.0 Å². The van der Waals surface area contributed by atoms with Crippen LogP contribution in [0.2, 0.25) is 0 Å². The molecular formula is C46H26N4O. The average molecular weight is 651 g/mol. The van der Waals surface area contributed by atoms with Crippen LogP contribution in [-0.2, 0) is 5.41 Å². The number of fused-ring (bicyclic) bond motifs is 8. The van der Waals surface area contributed by atoms with Gasteiger partial charge in [0, 0.05) is 22.0 Å².